The molecule has 0 N–H and O–H groups in total. The van der Waals surface area contributed by atoms with Crippen LogP contribution in [-0.2, 0) is 6.42 Å². The van der Waals surface area contributed by atoms with Crippen molar-refractivity contribution in [2.45, 2.75) is 45.0 Å². The smallest absolute Gasteiger partial charge is 0.260 e. The largest absolute Gasteiger partial charge is 0.465 e. The Morgan fingerprint density at radius 1 is 1.37 bits per heavy atom. The SMILES string of the molecule is CCc1ccc(C2CC/C=C(/C(F)F)C/C=C\2Cl)o1. The highest BCUT2D eigenvalue weighted by atomic mass is 35.5. The van der Waals surface area contributed by atoms with Crippen LogP contribution in [0.15, 0.2) is 39.3 Å². The number of halogens is 3. The molecule has 1 aromatic heterocycles. The van der Waals surface area contributed by atoms with E-state index in [1.54, 1.807) is 12.2 Å². The molecular weight excluding hydrogens is 270 g/mol. The van der Waals surface area contributed by atoms with Crippen LogP contribution in [0.4, 0.5) is 8.78 Å². The van der Waals surface area contributed by atoms with Crippen molar-refractivity contribution >= 4 is 11.6 Å². The van der Waals surface area contributed by atoms with Gasteiger partial charge < -0.3 is 4.42 Å². The van der Waals surface area contributed by atoms with E-state index in [9.17, 15) is 8.78 Å². The summed E-state index contributed by atoms with van der Waals surface area (Å²) >= 11 is 6.25. The molecule has 1 nitrogen and oxygen atoms in total. The number of hydrogen-bond acceptors (Lipinski definition) is 1. The summed E-state index contributed by atoms with van der Waals surface area (Å²) in [6, 6.07) is 3.87. The van der Waals surface area contributed by atoms with Crippen LogP contribution in [0.3, 0.4) is 0 Å². The molecule has 1 aliphatic rings. The van der Waals surface area contributed by atoms with Crippen molar-refractivity contribution in [2.24, 2.45) is 0 Å². The second-order valence-electron chi connectivity index (χ2n) is 4.66. The molecule has 1 heterocycles. The third-order valence-corrected chi connectivity index (χ3v) is 3.80. The fraction of sp³-hybridized carbons (Fsp3) is 0.467. The second-order valence-corrected chi connectivity index (χ2v) is 5.10. The van der Waals surface area contributed by atoms with E-state index in [-0.39, 0.29) is 17.9 Å². The maximum Gasteiger partial charge on any atom is 0.260 e. The molecule has 1 aromatic rings. The Kier molecular flexibility index (Phi) is 4.81. The Labute approximate surface area is 116 Å². The van der Waals surface area contributed by atoms with Crippen molar-refractivity contribution in [3.05, 3.63) is 46.4 Å². The average molecular weight is 287 g/mol. The Hall–Kier alpha value is -1.09. The quantitative estimate of drug-likeness (QED) is 0.676. The zero-order valence-corrected chi connectivity index (χ0v) is 11.6. The Morgan fingerprint density at radius 3 is 2.79 bits per heavy atom. The third-order valence-electron chi connectivity index (χ3n) is 3.38. The zero-order valence-electron chi connectivity index (χ0n) is 10.8. The van der Waals surface area contributed by atoms with Crippen LogP contribution >= 0.6 is 11.6 Å². The first-order valence-corrected chi connectivity index (χ1v) is 6.90. The van der Waals surface area contributed by atoms with Crippen molar-refractivity contribution in [3.8, 4) is 0 Å². The Balaban J connectivity index is 2.16. The van der Waals surface area contributed by atoms with Crippen LogP contribution in [0.1, 0.15) is 43.6 Å². The van der Waals surface area contributed by atoms with Crippen molar-refractivity contribution in [1.82, 2.24) is 0 Å². The molecule has 1 atom stereocenters. The van der Waals surface area contributed by atoms with Crippen molar-refractivity contribution < 1.29 is 13.2 Å². The van der Waals surface area contributed by atoms with Crippen LogP contribution in [0, 0.1) is 0 Å². The van der Waals surface area contributed by atoms with E-state index >= 15 is 0 Å². The summed E-state index contributed by atoms with van der Waals surface area (Å²) in [5.74, 6) is 1.73. The predicted molar refractivity (Wildman–Crippen MR) is 72.7 cm³/mol. The van der Waals surface area contributed by atoms with Gasteiger partial charge in [0.05, 0.1) is 5.92 Å². The van der Waals surface area contributed by atoms with Crippen LogP contribution < -0.4 is 0 Å². The monoisotopic (exact) mass is 286 g/mol. The van der Waals surface area contributed by atoms with Gasteiger partial charge in [-0.15, -0.1) is 0 Å². The molecule has 19 heavy (non-hydrogen) atoms. The van der Waals surface area contributed by atoms with Gasteiger partial charge in [0.1, 0.15) is 11.5 Å². The van der Waals surface area contributed by atoms with Crippen LogP contribution in [0.25, 0.3) is 0 Å². The minimum absolute atomic E-state index is 0.0163. The molecule has 1 aliphatic carbocycles. The number of furan rings is 1. The van der Waals surface area contributed by atoms with Gasteiger partial charge in [-0.05, 0) is 37.0 Å². The first-order chi connectivity index (χ1) is 9.11. The Bertz CT molecular complexity index is 488. The van der Waals surface area contributed by atoms with Crippen LogP contribution in [0.2, 0.25) is 0 Å². The molecule has 2 rings (SSSR count). The highest BCUT2D eigenvalue weighted by molar-refractivity contribution is 6.30. The molecular formula is C15H17ClF2O. The van der Waals surface area contributed by atoms with Gasteiger partial charge in [-0.1, -0.05) is 30.7 Å². The lowest BCUT2D eigenvalue weighted by molar-refractivity contribution is 0.186. The molecule has 0 fully saturated rings. The lowest BCUT2D eigenvalue weighted by Crippen LogP contribution is -2.03. The molecule has 0 aliphatic heterocycles. The summed E-state index contributed by atoms with van der Waals surface area (Å²) in [5, 5.41) is 0.600. The standard InChI is InChI=1S/C15H17ClF2O/c1-2-11-7-9-14(19-11)12-5-3-4-10(15(17)18)6-8-13(12)16/h4,7-9,12,15H,2-3,5-6H2,1H3/b10-4+,13-8+. The number of aryl methyl sites for hydroxylation is 1. The fourth-order valence-corrected chi connectivity index (χ4v) is 2.54. The minimum Gasteiger partial charge on any atom is -0.465 e. The van der Waals surface area contributed by atoms with Crippen LogP contribution in [0.5, 0.6) is 0 Å². The van der Waals surface area contributed by atoms with Gasteiger partial charge in [-0.25, -0.2) is 8.78 Å². The van der Waals surface area contributed by atoms with Gasteiger partial charge in [0.15, 0.2) is 0 Å². The van der Waals surface area contributed by atoms with Crippen molar-refractivity contribution in [2.75, 3.05) is 0 Å². The topological polar surface area (TPSA) is 13.1 Å². The lowest BCUT2D eigenvalue weighted by Gasteiger charge is -2.16. The van der Waals surface area contributed by atoms with Gasteiger partial charge >= 0.3 is 0 Å². The summed E-state index contributed by atoms with van der Waals surface area (Å²) in [6.45, 7) is 2.02. The summed E-state index contributed by atoms with van der Waals surface area (Å²) in [6.07, 6.45) is 3.25. The van der Waals surface area contributed by atoms with Gasteiger partial charge in [0, 0.05) is 11.5 Å². The lowest BCUT2D eigenvalue weighted by atomic mass is 9.95. The van der Waals surface area contributed by atoms with E-state index in [1.807, 2.05) is 19.1 Å². The zero-order chi connectivity index (χ0) is 13.8. The average Bonchev–Trinajstić information content (AvgIpc) is 2.82. The summed E-state index contributed by atoms with van der Waals surface area (Å²) in [7, 11) is 0. The van der Waals surface area contributed by atoms with Crippen LogP contribution in [-0.4, -0.2) is 6.43 Å². The van der Waals surface area contributed by atoms with Gasteiger partial charge in [0.2, 0.25) is 0 Å². The van der Waals surface area contributed by atoms with Crippen molar-refractivity contribution in [3.63, 3.8) is 0 Å². The fourth-order valence-electron chi connectivity index (χ4n) is 2.24. The molecule has 104 valence electrons. The maximum absolute atomic E-state index is 12.7. The summed E-state index contributed by atoms with van der Waals surface area (Å²) in [4.78, 5) is 0. The Morgan fingerprint density at radius 2 is 2.16 bits per heavy atom. The van der Waals surface area contributed by atoms with E-state index < -0.39 is 6.43 Å². The number of alkyl halides is 2. The van der Waals surface area contributed by atoms with E-state index in [0.717, 1.165) is 17.9 Å². The molecule has 0 aromatic carbocycles. The predicted octanol–water partition coefficient (Wildman–Crippen LogP) is 5.42. The van der Waals surface area contributed by atoms with E-state index in [1.165, 1.54) is 0 Å². The van der Waals surface area contributed by atoms with Gasteiger partial charge in [-0.3, -0.25) is 0 Å². The molecule has 0 radical (unpaired) electrons. The first-order valence-electron chi connectivity index (χ1n) is 6.53. The van der Waals surface area contributed by atoms with E-state index in [0.29, 0.717) is 17.9 Å². The molecule has 0 amide bonds. The van der Waals surface area contributed by atoms with Crippen molar-refractivity contribution in [1.29, 1.82) is 0 Å². The van der Waals surface area contributed by atoms with E-state index in [2.05, 4.69) is 0 Å². The first kappa shape index (κ1) is 14.3. The molecule has 1 unspecified atom stereocenters. The molecule has 4 heteroatoms. The molecule has 0 bridgehead atoms. The summed E-state index contributed by atoms with van der Waals surface area (Å²) in [5.41, 5.74) is 0.158. The molecule has 0 saturated heterocycles. The molecule has 0 saturated carbocycles. The minimum atomic E-state index is -2.40. The molecule has 0 spiro atoms. The number of rotatable bonds is 3. The highest BCUT2D eigenvalue weighted by Crippen LogP contribution is 2.36. The summed E-state index contributed by atoms with van der Waals surface area (Å²) < 4.78 is 31.1. The van der Waals surface area contributed by atoms with Gasteiger partial charge in [0.25, 0.3) is 6.43 Å². The van der Waals surface area contributed by atoms with E-state index in [4.69, 9.17) is 16.0 Å². The normalized spacial score (nSPS) is 26.3. The van der Waals surface area contributed by atoms with Gasteiger partial charge in [-0.2, -0.15) is 0 Å². The maximum atomic E-state index is 12.7. The highest BCUT2D eigenvalue weighted by Gasteiger charge is 2.21. The number of hydrogen-bond donors (Lipinski definition) is 0. The second kappa shape index (κ2) is 6.38. The number of allylic oxidation sites excluding steroid dienone is 4. The third kappa shape index (κ3) is 3.47.